The van der Waals surface area contributed by atoms with Gasteiger partial charge in [-0.1, -0.05) is 53.7 Å². The van der Waals surface area contributed by atoms with Gasteiger partial charge in [0.25, 0.3) is 10.9 Å². The van der Waals surface area contributed by atoms with Crippen LogP contribution in [0.15, 0.2) is 27.8 Å². The van der Waals surface area contributed by atoms with Crippen molar-refractivity contribution in [3.8, 4) is 0 Å². The van der Waals surface area contributed by atoms with Crippen LogP contribution >= 0.6 is 0 Å². The minimum atomic E-state index is -0.601. The SMILES string of the molecule is CC.CCc1ccc(C(C)(C)C)c(Nc2c(N)c(=O)c2=O)c1. The molecule has 0 spiro atoms. The van der Waals surface area contributed by atoms with Gasteiger partial charge in [-0.05, 0) is 29.0 Å². The molecule has 0 aromatic heterocycles. The first-order chi connectivity index (χ1) is 10.3. The highest BCUT2D eigenvalue weighted by Gasteiger charge is 2.22. The average Bonchev–Trinajstić information content (AvgIpc) is 2.52. The summed E-state index contributed by atoms with van der Waals surface area (Å²) in [5, 5.41) is 3.04. The molecule has 2 aromatic rings. The molecule has 0 radical (unpaired) electrons. The van der Waals surface area contributed by atoms with Gasteiger partial charge in [-0.3, -0.25) is 9.59 Å². The molecule has 0 atom stereocenters. The highest BCUT2D eigenvalue weighted by molar-refractivity contribution is 5.78. The Morgan fingerprint density at radius 3 is 2.14 bits per heavy atom. The van der Waals surface area contributed by atoms with Crippen LogP contribution in [0.2, 0.25) is 0 Å². The fourth-order valence-electron chi connectivity index (χ4n) is 2.24. The van der Waals surface area contributed by atoms with Crippen molar-refractivity contribution in [3.05, 3.63) is 49.8 Å². The molecule has 4 heteroatoms. The quantitative estimate of drug-likeness (QED) is 0.851. The van der Waals surface area contributed by atoms with Gasteiger partial charge in [-0.25, -0.2) is 0 Å². The fourth-order valence-corrected chi connectivity index (χ4v) is 2.24. The summed E-state index contributed by atoms with van der Waals surface area (Å²) in [4.78, 5) is 22.7. The summed E-state index contributed by atoms with van der Waals surface area (Å²) in [5.41, 5.74) is 7.71. The Morgan fingerprint density at radius 2 is 1.68 bits per heavy atom. The van der Waals surface area contributed by atoms with Crippen LogP contribution < -0.4 is 21.9 Å². The van der Waals surface area contributed by atoms with E-state index in [1.165, 1.54) is 0 Å². The summed E-state index contributed by atoms with van der Waals surface area (Å²) in [6.45, 7) is 12.4. The Hall–Kier alpha value is -2.10. The lowest BCUT2D eigenvalue weighted by Gasteiger charge is -2.24. The largest absolute Gasteiger partial charge is 0.394 e. The molecule has 3 N–H and O–H groups in total. The van der Waals surface area contributed by atoms with Crippen LogP contribution in [0.5, 0.6) is 0 Å². The van der Waals surface area contributed by atoms with E-state index in [4.69, 9.17) is 5.73 Å². The first-order valence-electron chi connectivity index (χ1n) is 7.75. The molecule has 0 saturated carbocycles. The Bertz CT molecular complexity index is 718. The van der Waals surface area contributed by atoms with Gasteiger partial charge in [-0.15, -0.1) is 0 Å². The number of nitrogens with one attached hydrogen (secondary N) is 1. The zero-order valence-corrected chi connectivity index (χ0v) is 14.3. The molecule has 0 aliphatic carbocycles. The topological polar surface area (TPSA) is 72.2 Å². The molecule has 2 aromatic carbocycles. The molecule has 120 valence electrons. The Balaban J connectivity index is 0.00000116. The van der Waals surface area contributed by atoms with Crippen molar-refractivity contribution < 1.29 is 0 Å². The second kappa shape index (κ2) is 6.77. The number of benzene rings is 1. The van der Waals surface area contributed by atoms with E-state index in [1.54, 1.807) is 0 Å². The van der Waals surface area contributed by atoms with Gasteiger partial charge in [0.1, 0.15) is 11.4 Å². The van der Waals surface area contributed by atoms with Gasteiger partial charge >= 0.3 is 0 Å². The van der Waals surface area contributed by atoms with E-state index >= 15 is 0 Å². The molecule has 0 heterocycles. The minimum Gasteiger partial charge on any atom is -0.394 e. The summed E-state index contributed by atoms with van der Waals surface area (Å²) in [6, 6.07) is 6.15. The molecule has 4 nitrogen and oxygen atoms in total. The Kier molecular flexibility index (Phi) is 5.53. The molecule has 0 unspecified atom stereocenters. The van der Waals surface area contributed by atoms with Gasteiger partial charge < -0.3 is 11.1 Å². The number of anilines is 3. The molecular formula is C18H26N2O2. The third-order valence-corrected chi connectivity index (χ3v) is 3.51. The van der Waals surface area contributed by atoms with E-state index in [0.717, 1.165) is 23.2 Å². The van der Waals surface area contributed by atoms with Crippen molar-refractivity contribution in [3.63, 3.8) is 0 Å². The fraction of sp³-hybridized carbons (Fsp3) is 0.444. The second-order valence-electron chi connectivity index (χ2n) is 6.06. The second-order valence-corrected chi connectivity index (χ2v) is 6.06. The molecule has 22 heavy (non-hydrogen) atoms. The molecule has 0 aliphatic heterocycles. The van der Waals surface area contributed by atoms with Crippen LogP contribution in [-0.4, -0.2) is 0 Å². The van der Waals surface area contributed by atoms with E-state index in [0.29, 0.717) is 0 Å². The summed E-state index contributed by atoms with van der Waals surface area (Å²) >= 11 is 0. The molecule has 2 rings (SSSR count). The maximum Gasteiger partial charge on any atom is 0.253 e. The molecule has 0 fully saturated rings. The normalized spacial score (nSPS) is 11.0. The van der Waals surface area contributed by atoms with Gasteiger partial charge in [0.2, 0.25) is 0 Å². The van der Waals surface area contributed by atoms with Gasteiger partial charge in [0, 0.05) is 5.69 Å². The highest BCUT2D eigenvalue weighted by Crippen LogP contribution is 2.32. The maximum atomic E-state index is 11.5. The predicted molar refractivity (Wildman–Crippen MR) is 94.9 cm³/mol. The summed E-state index contributed by atoms with van der Waals surface area (Å²) in [6.07, 6.45) is 0.903. The van der Waals surface area contributed by atoms with Crippen molar-refractivity contribution in [2.45, 2.75) is 53.4 Å². The van der Waals surface area contributed by atoms with Crippen molar-refractivity contribution in [2.75, 3.05) is 11.1 Å². The van der Waals surface area contributed by atoms with E-state index in [9.17, 15) is 9.59 Å². The number of nitrogen functional groups attached to an aromatic ring is 1. The first-order valence-corrected chi connectivity index (χ1v) is 7.75. The lowest BCUT2D eigenvalue weighted by Crippen LogP contribution is -2.36. The number of hydrogen-bond donors (Lipinski definition) is 2. The minimum absolute atomic E-state index is 0.0248. The van der Waals surface area contributed by atoms with Crippen LogP contribution in [0.25, 0.3) is 0 Å². The van der Waals surface area contributed by atoms with Crippen LogP contribution in [0.1, 0.15) is 52.7 Å². The zero-order valence-electron chi connectivity index (χ0n) is 14.3. The summed E-state index contributed by atoms with van der Waals surface area (Å²) in [5.74, 6) is 0. The Labute approximate surface area is 132 Å². The van der Waals surface area contributed by atoms with Gasteiger partial charge in [0.15, 0.2) is 0 Å². The van der Waals surface area contributed by atoms with Gasteiger partial charge in [0.05, 0.1) is 0 Å². The van der Waals surface area contributed by atoms with Gasteiger partial charge in [-0.2, -0.15) is 0 Å². The monoisotopic (exact) mass is 302 g/mol. The van der Waals surface area contributed by atoms with E-state index in [2.05, 4.69) is 45.1 Å². The first kappa shape index (κ1) is 18.0. The molecular weight excluding hydrogens is 276 g/mol. The van der Waals surface area contributed by atoms with Crippen molar-refractivity contribution in [1.82, 2.24) is 0 Å². The summed E-state index contributed by atoms with van der Waals surface area (Å²) < 4.78 is 0. The van der Waals surface area contributed by atoms with Crippen LogP contribution in [0.3, 0.4) is 0 Å². The number of aryl methyl sites for hydroxylation is 1. The maximum absolute atomic E-state index is 11.5. The Morgan fingerprint density at radius 1 is 1.09 bits per heavy atom. The molecule has 0 amide bonds. The van der Waals surface area contributed by atoms with Crippen LogP contribution in [0.4, 0.5) is 17.1 Å². The van der Waals surface area contributed by atoms with E-state index < -0.39 is 10.9 Å². The third-order valence-electron chi connectivity index (χ3n) is 3.51. The average molecular weight is 302 g/mol. The summed E-state index contributed by atoms with van der Waals surface area (Å²) in [7, 11) is 0. The van der Waals surface area contributed by atoms with E-state index in [-0.39, 0.29) is 16.8 Å². The number of rotatable bonds is 3. The lowest BCUT2D eigenvalue weighted by molar-refractivity contribution is 0.592. The number of hydrogen-bond acceptors (Lipinski definition) is 4. The van der Waals surface area contributed by atoms with Crippen LogP contribution in [-0.2, 0) is 11.8 Å². The standard InChI is InChI=1S/C16H20N2O2.C2H6/c1-5-9-6-7-10(16(2,3)4)11(8-9)18-13-12(17)14(19)15(13)20;1-2/h6-8,18H,5,17H2,1-4H3;1-2H3. The molecule has 0 aliphatic rings. The zero-order chi connectivity index (χ0) is 17.1. The predicted octanol–water partition coefficient (Wildman–Crippen LogP) is 3.49. The van der Waals surface area contributed by atoms with Crippen LogP contribution in [0, 0.1) is 0 Å². The lowest BCUT2D eigenvalue weighted by atomic mass is 9.85. The molecule has 0 saturated heterocycles. The highest BCUT2D eigenvalue weighted by atomic mass is 16.2. The third kappa shape index (κ3) is 3.38. The van der Waals surface area contributed by atoms with Crippen molar-refractivity contribution in [2.24, 2.45) is 0 Å². The smallest absolute Gasteiger partial charge is 0.253 e. The molecule has 0 bridgehead atoms. The van der Waals surface area contributed by atoms with E-state index in [1.807, 2.05) is 19.9 Å². The number of nitrogens with two attached hydrogens (primary N) is 1. The van der Waals surface area contributed by atoms with Crippen molar-refractivity contribution in [1.29, 1.82) is 0 Å². The van der Waals surface area contributed by atoms with Crippen molar-refractivity contribution >= 4 is 17.1 Å².